The lowest BCUT2D eigenvalue weighted by atomic mass is 10.2. The van der Waals surface area contributed by atoms with Crippen molar-refractivity contribution in [1.29, 1.82) is 0 Å². The molecule has 3 rings (SSSR count). The van der Waals surface area contributed by atoms with E-state index in [2.05, 4.69) is 5.10 Å². The number of rotatable bonds is 1. The predicted octanol–water partition coefficient (Wildman–Crippen LogP) is 4.05. The Morgan fingerprint density at radius 2 is 1.89 bits per heavy atom. The van der Waals surface area contributed by atoms with Gasteiger partial charge in [0, 0.05) is 5.39 Å². The summed E-state index contributed by atoms with van der Waals surface area (Å²) in [5.41, 5.74) is 6.81. The van der Waals surface area contributed by atoms with Gasteiger partial charge in [0.2, 0.25) is 0 Å². The van der Waals surface area contributed by atoms with E-state index in [0.29, 0.717) is 10.7 Å². The second-order valence-electron chi connectivity index (χ2n) is 4.04. The first kappa shape index (κ1) is 12.3. The quantitative estimate of drug-likeness (QED) is 0.688. The Labute approximate surface area is 118 Å². The summed E-state index contributed by atoms with van der Waals surface area (Å²) < 4.78 is 15.3. The van der Waals surface area contributed by atoms with Gasteiger partial charge in [-0.15, -0.1) is 0 Å². The van der Waals surface area contributed by atoms with Crippen LogP contribution in [0.15, 0.2) is 36.4 Å². The van der Waals surface area contributed by atoms with E-state index in [0.717, 1.165) is 11.5 Å². The number of halogens is 3. The number of hydrogen-bond donors (Lipinski definition) is 1. The molecule has 0 bridgehead atoms. The Hall–Kier alpha value is -1.78. The summed E-state index contributed by atoms with van der Waals surface area (Å²) in [6, 6.07) is 9.85. The zero-order chi connectivity index (χ0) is 13.6. The third-order valence-electron chi connectivity index (χ3n) is 2.81. The van der Waals surface area contributed by atoms with Gasteiger partial charge in [0.05, 0.1) is 16.2 Å². The average molecular weight is 296 g/mol. The van der Waals surface area contributed by atoms with Crippen LogP contribution >= 0.6 is 23.2 Å². The van der Waals surface area contributed by atoms with E-state index in [1.165, 1.54) is 10.7 Å². The van der Waals surface area contributed by atoms with E-state index in [1.807, 2.05) is 18.2 Å². The molecule has 0 spiro atoms. The second-order valence-corrected chi connectivity index (χ2v) is 4.81. The van der Waals surface area contributed by atoms with Crippen molar-refractivity contribution in [1.82, 2.24) is 9.78 Å². The molecule has 0 atom stereocenters. The molecule has 96 valence electrons. The van der Waals surface area contributed by atoms with Crippen LogP contribution in [0.3, 0.4) is 0 Å². The summed E-state index contributed by atoms with van der Waals surface area (Å²) in [6.07, 6.45) is 0. The summed E-state index contributed by atoms with van der Waals surface area (Å²) in [7, 11) is 0. The van der Waals surface area contributed by atoms with Crippen molar-refractivity contribution in [3.8, 4) is 5.69 Å². The first-order valence-corrected chi connectivity index (χ1v) is 6.21. The number of nitrogens with two attached hydrogens (primary N) is 1. The summed E-state index contributed by atoms with van der Waals surface area (Å²) in [6.45, 7) is 0. The molecule has 3 nitrogen and oxygen atoms in total. The number of benzene rings is 2. The first-order valence-electron chi connectivity index (χ1n) is 5.46. The summed E-state index contributed by atoms with van der Waals surface area (Å²) in [4.78, 5) is 0. The van der Waals surface area contributed by atoms with Gasteiger partial charge in [-0.1, -0.05) is 35.3 Å². The van der Waals surface area contributed by atoms with Gasteiger partial charge in [0.15, 0.2) is 5.82 Å². The van der Waals surface area contributed by atoms with Crippen LogP contribution in [-0.4, -0.2) is 9.78 Å². The molecule has 6 heteroatoms. The molecule has 0 aliphatic carbocycles. The molecule has 0 unspecified atom stereocenters. The fraction of sp³-hybridized carbons (Fsp3) is 0. The largest absolute Gasteiger partial charge is 0.397 e. The highest BCUT2D eigenvalue weighted by Crippen LogP contribution is 2.30. The Balaban J connectivity index is 2.30. The van der Waals surface area contributed by atoms with Crippen LogP contribution < -0.4 is 5.73 Å². The molecule has 0 radical (unpaired) electrons. The van der Waals surface area contributed by atoms with Gasteiger partial charge in [-0.3, -0.25) is 0 Å². The minimum absolute atomic E-state index is 0.161. The van der Waals surface area contributed by atoms with E-state index in [9.17, 15) is 4.39 Å². The van der Waals surface area contributed by atoms with Crippen molar-refractivity contribution in [3.05, 3.63) is 52.4 Å². The number of aromatic nitrogens is 2. The predicted molar refractivity (Wildman–Crippen MR) is 75.5 cm³/mol. The van der Waals surface area contributed by atoms with Crippen LogP contribution in [0.25, 0.3) is 16.6 Å². The van der Waals surface area contributed by atoms with Crippen LogP contribution in [0.5, 0.6) is 0 Å². The fourth-order valence-corrected chi connectivity index (χ4v) is 2.32. The molecular formula is C13H8Cl2FN3. The molecule has 0 amide bonds. The lowest BCUT2D eigenvalue weighted by Crippen LogP contribution is -2.01. The van der Waals surface area contributed by atoms with Crippen LogP contribution in [0.1, 0.15) is 0 Å². The minimum Gasteiger partial charge on any atom is -0.397 e. The smallest absolute Gasteiger partial charge is 0.150 e. The van der Waals surface area contributed by atoms with Crippen molar-refractivity contribution in [2.45, 2.75) is 0 Å². The Morgan fingerprint density at radius 1 is 1.16 bits per heavy atom. The van der Waals surface area contributed by atoms with Crippen LogP contribution in [0.2, 0.25) is 10.2 Å². The lowest BCUT2D eigenvalue weighted by Gasteiger charge is -2.07. The SMILES string of the molecule is Nc1cc(-n2nc3ccccc3c2Cl)c(F)cc1Cl. The van der Waals surface area contributed by atoms with Crippen LogP contribution in [0.4, 0.5) is 10.1 Å². The van der Waals surface area contributed by atoms with Crippen molar-refractivity contribution < 1.29 is 4.39 Å². The zero-order valence-electron chi connectivity index (χ0n) is 9.57. The molecule has 0 saturated heterocycles. The van der Waals surface area contributed by atoms with E-state index >= 15 is 0 Å². The van der Waals surface area contributed by atoms with Crippen LogP contribution in [-0.2, 0) is 0 Å². The van der Waals surface area contributed by atoms with Gasteiger partial charge >= 0.3 is 0 Å². The summed E-state index contributed by atoms with van der Waals surface area (Å²) in [5, 5.41) is 5.50. The third-order valence-corrected chi connectivity index (χ3v) is 3.51. The minimum atomic E-state index is -0.533. The van der Waals surface area contributed by atoms with Gasteiger partial charge in [0.25, 0.3) is 0 Å². The van der Waals surface area contributed by atoms with Crippen LogP contribution in [0, 0.1) is 5.82 Å². The molecule has 0 fully saturated rings. The number of fused-ring (bicyclic) bond motifs is 1. The molecule has 1 heterocycles. The monoisotopic (exact) mass is 295 g/mol. The van der Waals surface area contributed by atoms with Gasteiger partial charge in [0.1, 0.15) is 10.8 Å². The topological polar surface area (TPSA) is 43.8 Å². The van der Waals surface area contributed by atoms with Crippen molar-refractivity contribution in [3.63, 3.8) is 0 Å². The zero-order valence-corrected chi connectivity index (χ0v) is 11.1. The van der Waals surface area contributed by atoms with Crippen molar-refractivity contribution in [2.24, 2.45) is 0 Å². The number of anilines is 1. The highest BCUT2D eigenvalue weighted by atomic mass is 35.5. The third kappa shape index (κ3) is 1.93. The lowest BCUT2D eigenvalue weighted by molar-refractivity contribution is 0.612. The van der Waals surface area contributed by atoms with Crippen molar-refractivity contribution >= 4 is 39.8 Å². The Kier molecular flexibility index (Phi) is 2.84. The maximum absolute atomic E-state index is 14.0. The highest BCUT2D eigenvalue weighted by molar-refractivity contribution is 6.35. The molecule has 0 saturated carbocycles. The van der Waals surface area contributed by atoms with Gasteiger partial charge in [-0.2, -0.15) is 5.10 Å². The second kappa shape index (κ2) is 4.40. The normalized spacial score (nSPS) is 11.1. The Bertz CT molecular complexity index is 783. The molecular weight excluding hydrogens is 288 g/mol. The molecule has 2 aromatic carbocycles. The molecule has 19 heavy (non-hydrogen) atoms. The average Bonchev–Trinajstić information content (AvgIpc) is 2.72. The van der Waals surface area contributed by atoms with Gasteiger partial charge in [-0.05, 0) is 24.3 Å². The van der Waals surface area contributed by atoms with Gasteiger partial charge < -0.3 is 5.73 Å². The Morgan fingerprint density at radius 3 is 2.63 bits per heavy atom. The molecule has 3 aromatic rings. The summed E-state index contributed by atoms with van der Waals surface area (Å²) >= 11 is 12.0. The molecule has 1 aromatic heterocycles. The number of nitrogen functional groups attached to an aromatic ring is 1. The van der Waals surface area contributed by atoms with E-state index in [4.69, 9.17) is 28.9 Å². The standard InChI is InChI=1S/C13H8Cl2FN3/c14-8-5-9(16)12(6-10(8)17)19-13(15)7-3-1-2-4-11(7)18-19/h1-6H,17H2. The maximum Gasteiger partial charge on any atom is 0.150 e. The number of nitrogens with zero attached hydrogens (tertiary/aromatic N) is 2. The number of hydrogen-bond acceptors (Lipinski definition) is 2. The van der Waals surface area contributed by atoms with Gasteiger partial charge in [-0.25, -0.2) is 9.07 Å². The maximum atomic E-state index is 14.0. The van der Waals surface area contributed by atoms with E-state index in [-0.39, 0.29) is 16.4 Å². The first-order chi connectivity index (χ1) is 9.08. The summed E-state index contributed by atoms with van der Waals surface area (Å²) in [5.74, 6) is -0.533. The van der Waals surface area contributed by atoms with Crippen molar-refractivity contribution in [2.75, 3.05) is 5.73 Å². The highest BCUT2D eigenvalue weighted by Gasteiger charge is 2.15. The molecule has 2 N–H and O–H groups in total. The van der Waals surface area contributed by atoms with E-state index in [1.54, 1.807) is 6.07 Å². The fourth-order valence-electron chi connectivity index (χ4n) is 1.88. The van der Waals surface area contributed by atoms with E-state index < -0.39 is 5.82 Å². The molecule has 0 aliphatic heterocycles. The molecule has 0 aliphatic rings.